The van der Waals surface area contributed by atoms with Gasteiger partial charge in [0, 0.05) is 23.5 Å². The van der Waals surface area contributed by atoms with Gasteiger partial charge in [-0.25, -0.2) is 9.50 Å². The SMILES string of the molecule is Fc1cc(-c2cccc3nc(Nc4ccccc4)nn23)ccn1. The van der Waals surface area contributed by atoms with Crippen molar-refractivity contribution in [2.75, 3.05) is 5.32 Å². The van der Waals surface area contributed by atoms with Crippen LogP contribution in [0, 0.1) is 5.95 Å². The molecule has 6 heteroatoms. The summed E-state index contributed by atoms with van der Waals surface area (Å²) in [5, 5.41) is 7.62. The molecule has 0 unspecified atom stereocenters. The number of halogens is 1. The van der Waals surface area contributed by atoms with Gasteiger partial charge in [-0.3, -0.25) is 0 Å². The van der Waals surface area contributed by atoms with Crippen molar-refractivity contribution < 1.29 is 4.39 Å². The van der Waals surface area contributed by atoms with E-state index in [4.69, 9.17) is 0 Å². The maximum absolute atomic E-state index is 13.4. The van der Waals surface area contributed by atoms with Gasteiger partial charge >= 0.3 is 0 Å². The molecular weight excluding hydrogens is 293 g/mol. The molecule has 3 heterocycles. The van der Waals surface area contributed by atoms with E-state index >= 15 is 0 Å². The molecule has 0 radical (unpaired) electrons. The van der Waals surface area contributed by atoms with Crippen molar-refractivity contribution in [2.24, 2.45) is 0 Å². The van der Waals surface area contributed by atoms with E-state index in [1.807, 2.05) is 48.5 Å². The number of aromatic nitrogens is 4. The van der Waals surface area contributed by atoms with Crippen LogP contribution in [-0.4, -0.2) is 19.6 Å². The number of para-hydroxylation sites is 1. The number of pyridine rings is 2. The van der Waals surface area contributed by atoms with Crippen LogP contribution in [0.25, 0.3) is 16.9 Å². The molecule has 1 N–H and O–H groups in total. The number of nitrogens with zero attached hydrogens (tertiary/aromatic N) is 4. The van der Waals surface area contributed by atoms with E-state index in [-0.39, 0.29) is 0 Å². The van der Waals surface area contributed by atoms with Gasteiger partial charge in [-0.2, -0.15) is 9.37 Å². The average Bonchev–Trinajstić information content (AvgIpc) is 2.98. The molecule has 5 nitrogen and oxygen atoms in total. The highest BCUT2D eigenvalue weighted by atomic mass is 19.1. The first kappa shape index (κ1) is 13.4. The number of fused-ring (bicyclic) bond motifs is 1. The standard InChI is InChI=1S/C17H12FN5/c18-15-11-12(9-10-19-15)14-7-4-8-16-21-17(22-23(14)16)20-13-5-2-1-3-6-13/h1-11H,(H,20,22). The van der Waals surface area contributed by atoms with Crippen molar-refractivity contribution in [1.82, 2.24) is 19.6 Å². The molecule has 0 amide bonds. The van der Waals surface area contributed by atoms with Gasteiger partial charge < -0.3 is 5.32 Å². The summed E-state index contributed by atoms with van der Waals surface area (Å²) in [4.78, 5) is 8.03. The lowest BCUT2D eigenvalue weighted by molar-refractivity contribution is 0.584. The minimum Gasteiger partial charge on any atom is -0.323 e. The van der Waals surface area contributed by atoms with Gasteiger partial charge in [0.25, 0.3) is 0 Å². The lowest BCUT2D eigenvalue weighted by Crippen LogP contribution is -1.96. The number of hydrogen-bond acceptors (Lipinski definition) is 4. The van der Waals surface area contributed by atoms with Crippen LogP contribution in [0.5, 0.6) is 0 Å². The van der Waals surface area contributed by atoms with E-state index in [9.17, 15) is 4.39 Å². The quantitative estimate of drug-likeness (QED) is 0.587. The van der Waals surface area contributed by atoms with Gasteiger partial charge in [0.05, 0.1) is 5.69 Å². The number of hydrogen-bond donors (Lipinski definition) is 1. The van der Waals surface area contributed by atoms with Crippen molar-refractivity contribution in [3.63, 3.8) is 0 Å². The van der Waals surface area contributed by atoms with Crippen molar-refractivity contribution in [3.05, 3.63) is 72.8 Å². The molecule has 4 aromatic rings. The molecule has 3 aromatic heterocycles. The van der Waals surface area contributed by atoms with Crippen LogP contribution in [-0.2, 0) is 0 Å². The minimum absolute atomic E-state index is 0.484. The fourth-order valence-electron chi connectivity index (χ4n) is 2.39. The number of anilines is 2. The molecule has 0 aliphatic carbocycles. The summed E-state index contributed by atoms with van der Waals surface area (Å²) in [5.74, 6) is -0.0413. The molecule has 0 aliphatic rings. The Morgan fingerprint density at radius 3 is 2.65 bits per heavy atom. The maximum Gasteiger partial charge on any atom is 0.247 e. The van der Waals surface area contributed by atoms with Gasteiger partial charge in [-0.15, -0.1) is 5.10 Å². The van der Waals surface area contributed by atoms with Crippen LogP contribution in [0.3, 0.4) is 0 Å². The smallest absolute Gasteiger partial charge is 0.247 e. The third kappa shape index (κ3) is 2.62. The van der Waals surface area contributed by atoms with E-state index in [0.29, 0.717) is 17.2 Å². The zero-order valence-corrected chi connectivity index (χ0v) is 12.0. The summed E-state index contributed by atoms with van der Waals surface area (Å²) in [6, 6.07) is 18.4. The summed E-state index contributed by atoms with van der Waals surface area (Å²) in [6.45, 7) is 0. The van der Waals surface area contributed by atoms with Crippen molar-refractivity contribution in [2.45, 2.75) is 0 Å². The van der Waals surface area contributed by atoms with Crippen molar-refractivity contribution >= 4 is 17.3 Å². The highest BCUT2D eigenvalue weighted by molar-refractivity contribution is 5.64. The predicted octanol–water partition coefficient (Wildman–Crippen LogP) is 3.67. The molecule has 1 aromatic carbocycles. The number of nitrogens with one attached hydrogen (secondary N) is 1. The molecule has 112 valence electrons. The molecule has 0 fully saturated rings. The maximum atomic E-state index is 13.4. The van der Waals surface area contributed by atoms with Gasteiger partial charge in [0.15, 0.2) is 5.65 Å². The Labute approximate surface area is 131 Å². The van der Waals surface area contributed by atoms with Crippen LogP contribution in [0.1, 0.15) is 0 Å². The van der Waals surface area contributed by atoms with E-state index in [1.165, 1.54) is 12.3 Å². The molecule has 0 saturated heterocycles. The van der Waals surface area contributed by atoms with E-state index in [0.717, 1.165) is 11.4 Å². The first-order chi connectivity index (χ1) is 11.3. The second-order valence-corrected chi connectivity index (χ2v) is 4.97. The largest absolute Gasteiger partial charge is 0.323 e. The number of rotatable bonds is 3. The Balaban J connectivity index is 1.79. The summed E-state index contributed by atoms with van der Waals surface area (Å²) in [7, 11) is 0. The Morgan fingerprint density at radius 1 is 0.957 bits per heavy atom. The van der Waals surface area contributed by atoms with E-state index in [1.54, 1.807) is 10.6 Å². The highest BCUT2D eigenvalue weighted by Gasteiger charge is 2.09. The van der Waals surface area contributed by atoms with Gasteiger partial charge in [-0.05, 0) is 30.3 Å². The van der Waals surface area contributed by atoms with E-state index < -0.39 is 5.95 Å². The molecule has 0 bridgehead atoms. The molecule has 0 saturated carbocycles. The van der Waals surface area contributed by atoms with Gasteiger partial charge in [0.1, 0.15) is 0 Å². The van der Waals surface area contributed by atoms with Crippen LogP contribution >= 0.6 is 0 Å². The Hall–Kier alpha value is -3.28. The molecule has 23 heavy (non-hydrogen) atoms. The Kier molecular flexibility index (Phi) is 3.20. The highest BCUT2D eigenvalue weighted by Crippen LogP contribution is 2.21. The monoisotopic (exact) mass is 305 g/mol. The molecule has 0 spiro atoms. The lowest BCUT2D eigenvalue weighted by Gasteiger charge is -2.03. The fraction of sp³-hybridized carbons (Fsp3) is 0. The van der Waals surface area contributed by atoms with E-state index in [2.05, 4.69) is 20.4 Å². The van der Waals surface area contributed by atoms with Crippen LogP contribution in [0.4, 0.5) is 16.0 Å². The average molecular weight is 305 g/mol. The second kappa shape index (κ2) is 5.49. The topological polar surface area (TPSA) is 55.1 Å². The second-order valence-electron chi connectivity index (χ2n) is 4.97. The molecule has 4 rings (SSSR count). The third-order valence-electron chi connectivity index (χ3n) is 3.41. The minimum atomic E-state index is -0.526. The normalized spacial score (nSPS) is 10.8. The van der Waals surface area contributed by atoms with Gasteiger partial charge in [-0.1, -0.05) is 24.3 Å². The van der Waals surface area contributed by atoms with Crippen LogP contribution in [0.15, 0.2) is 66.9 Å². The number of benzene rings is 1. The zero-order valence-electron chi connectivity index (χ0n) is 12.0. The fourth-order valence-corrected chi connectivity index (χ4v) is 2.39. The van der Waals surface area contributed by atoms with Crippen LogP contribution in [0.2, 0.25) is 0 Å². The molecule has 0 aliphatic heterocycles. The molecule has 0 atom stereocenters. The zero-order chi connectivity index (χ0) is 15.6. The molecular formula is C17H12FN5. The van der Waals surface area contributed by atoms with Crippen LogP contribution < -0.4 is 5.32 Å². The summed E-state index contributed by atoms with van der Waals surface area (Å²) in [6.07, 6.45) is 1.43. The Morgan fingerprint density at radius 2 is 1.83 bits per heavy atom. The first-order valence-corrected chi connectivity index (χ1v) is 7.09. The van der Waals surface area contributed by atoms with Gasteiger partial charge in [0.2, 0.25) is 11.9 Å². The van der Waals surface area contributed by atoms with Crippen molar-refractivity contribution in [1.29, 1.82) is 0 Å². The Bertz CT molecular complexity index is 965. The van der Waals surface area contributed by atoms with Crippen molar-refractivity contribution in [3.8, 4) is 11.3 Å². The summed E-state index contributed by atoms with van der Waals surface area (Å²) < 4.78 is 15.1. The summed E-state index contributed by atoms with van der Waals surface area (Å²) >= 11 is 0. The third-order valence-corrected chi connectivity index (χ3v) is 3.41. The first-order valence-electron chi connectivity index (χ1n) is 7.09. The predicted molar refractivity (Wildman–Crippen MR) is 85.9 cm³/mol. The lowest BCUT2D eigenvalue weighted by atomic mass is 10.2. The summed E-state index contributed by atoms with van der Waals surface area (Å²) in [5.41, 5.74) is 3.02.